The number of likely N-dealkylation sites (N-methyl/N-ethyl adjacent to an activating group) is 1. The van der Waals surface area contributed by atoms with Crippen molar-refractivity contribution in [2.24, 2.45) is 5.92 Å². The molecule has 1 aliphatic heterocycles. The maximum Gasteiger partial charge on any atom is 0.258 e. The first-order valence-electron chi connectivity index (χ1n) is 13.2. The molecule has 2 aromatic rings. The molecule has 2 amide bonds. The van der Waals surface area contributed by atoms with Crippen LogP contribution in [0.3, 0.4) is 0 Å². The highest BCUT2D eigenvalue weighted by atomic mass is 16.5. The predicted octanol–water partition coefficient (Wildman–Crippen LogP) is 3.95. The van der Waals surface area contributed by atoms with Crippen molar-refractivity contribution in [3.8, 4) is 5.75 Å². The molecule has 8 nitrogen and oxygen atoms in total. The van der Waals surface area contributed by atoms with Crippen molar-refractivity contribution < 1.29 is 24.2 Å². The summed E-state index contributed by atoms with van der Waals surface area (Å²) >= 11 is 0. The summed E-state index contributed by atoms with van der Waals surface area (Å²) in [4.78, 5) is 28.4. The van der Waals surface area contributed by atoms with E-state index in [1.54, 1.807) is 47.4 Å². The first kappa shape index (κ1) is 28.6. The second-order valence-electron chi connectivity index (χ2n) is 9.89. The number of amides is 2. The van der Waals surface area contributed by atoms with Gasteiger partial charge in [-0.05, 0) is 70.5 Å². The van der Waals surface area contributed by atoms with E-state index >= 15 is 0 Å². The van der Waals surface area contributed by atoms with Gasteiger partial charge in [-0.25, -0.2) is 0 Å². The minimum Gasteiger partial charge on any atom is -0.490 e. The molecule has 3 N–H and O–H groups in total. The number of hydrogen-bond donors (Lipinski definition) is 3. The van der Waals surface area contributed by atoms with E-state index in [9.17, 15) is 14.7 Å². The molecule has 3 rings (SSSR count). The minimum absolute atomic E-state index is 0.0256. The predicted molar refractivity (Wildman–Crippen MR) is 145 cm³/mol. The summed E-state index contributed by atoms with van der Waals surface area (Å²) in [5.74, 6) is -0.0215. The maximum absolute atomic E-state index is 14.0. The summed E-state index contributed by atoms with van der Waals surface area (Å²) < 4.78 is 12.4. The molecule has 0 spiro atoms. The maximum atomic E-state index is 14.0. The van der Waals surface area contributed by atoms with Gasteiger partial charge < -0.3 is 30.1 Å². The van der Waals surface area contributed by atoms with E-state index in [0.29, 0.717) is 42.3 Å². The molecule has 1 heterocycles. The Morgan fingerprint density at radius 2 is 1.92 bits per heavy atom. The second-order valence-corrected chi connectivity index (χ2v) is 9.89. The Morgan fingerprint density at radius 3 is 2.62 bits per heavy atom. The second kappa shape index (κ2) is 14.1. The number of rotatable bonds is 6. The van der Waals surface area contributed by atoms with Crippen molar-refractivity contribution in [3.05, 3.63) is 59.7 Å². The Bertz CT molecular complexity index is 1020. The van der Waals surface area contributed by atoms with Crippen LogP contribution in [0.5, 0.6) is 5.75 Å². The van der Waals surface area contributed by atoms with Crippen LogP contribution in [0.2, 0.25) is 0 Å². The number of ether oxygens (including phenoxy) is 2. The van der Waals surface area contributed by atoms with E-state index in [-0.39, 0.29) is 36.5 Å². The molecule has 4 atom stereocenters. The van der Waals surface area contributed by atoms with E-state index in [4.69, 9.17) is 9.47 Å². The Kier molecular flexibility index (Phi) is 10.9. The first-order valence-corrected chi connectivity index (χ1v) is 13.2. The quantitative estimate of drug-likeness (QED) is 0.543. The van der Waals surface area contributed by atoms with Crippen LogP contribution >= 0.6 is 0 Å². The Balaban J connectivity index is 1.97. The van der Waals surface area contributed by atoms with E-state index in [1.165, 1.54) is 0 Å². The molecule has 8 heteroatoms. The van der Waals surface area contributed by atoms with Crippen molar-refractivity contribution in [2.45, 2.75) is 58.3 Å². The van der Waals surface area contributed by atoms with Crippen LogP contribution in [0.25, 0.3) is 0 Å². The van der Waals surface area contributed by atoms with Gasteiger partial charge >= 0.3 is 0 Å². The highest BCUT2D eigenvalue weighted by Crippen LogP contribution is 2.28. The van der Waals surface area contributed by atoms with E-state index in [0.717, 1.165) is 19.3 Å². The fourth-order valence-corrected chi connectivity index (χ4v) is 4.48. The average Bonchev–Trinajstić information content (AvgIpc) is 2.90. The van der Waals surface area contributed by atoms with Gasteiger partial charge in [0.1, 0.15) is 5.75 Å². The van der Waals surface area contributed by atoms with Gasteiger partial charge in [-0.1, -0.05) is 25.1 Å². The number of nitrogens with zero attached hydrogens (tertiary/aromatic N) is 1. The molecule has 0 saturated carbocycles. The number of fused-ring (bicyclic) bond motifs is 1. The molecular weight excluding hydrogens is 470 g/mol. The third-order valence-corrected chi connectivity index (χ3v) is 6.75. The van der Waals surface area contributed by atoms with E-state index in [1.807, 2.05) is 27.0 Å². The lowest BCUT2D eigenvalue weighted by atomic mass is 10.0. The fourth-order valence-electron chi connectivity index (χ4n) is 4.48. The molecule has 0 unspecified atom stereocenters. The fraction of sp³-hybridized carbons (Fsp3) is 0.517. The van der Waals surface area contributed by atoms with Crippen LogP contribution in [-0.4, -0.2) is 73.4 Å². The molecule has 2 aromatic carbocycles. The summed E-state index contributed by atoms with van der Waals surface area (Å²) in [6.45, 7) is 7.43. The topological polar surface area (TPSA) is 100 Å². The SMILES string of the molecule is CNC[C@H]1OCCCC[C@@H](C)Oc2ccc(NC(=O)c3ccccc3)cc2C(=O)N([C@H](C)CO)C[C@H]1C. The summed E-state index contributed by atoms with van der Waals surface area (Å²) in [6.07, 6.45) is 2.53. The Labute approximate surface area is 220 Å². The molecule has 202 valence electrons. The lowest BCUT2D eigenvalue weighted by Crippen LogP contribution is -2.47. The minimum atomic E-state index is -0.411. The van der Waals surface area contributed by atoms with E-state index in [2.05, 4.69) is 17.6 Å². The van der Waals surface area contributed by atoms with Crippen LogP contribution in [-0.2, 0) is 4.74 Å². The van der Waals surface area contributed by atoms with Gasteiger partial charge in [0.25, 0.3) is 11.8 Å². The first-order chi connectivity index (χ1) is 17.8. The lowest BCUT2D eigenvalue weighted by molar-refractivity contribution is -0.000452. The van der Waals surface area contributed by atoms with Gasteiger partial charge in [-0.3, -0.25) is 9.59 Å². The molecule has 0 bridgehead atoms. The van der Waals surface area contributed by atoms with Gasteiger partial charge in [0, 0.05) is 36.9 Å². The van der Waals surface area contributed by atoms with Gasteiger partial charge in [0.2, 0.25) is 0 Å². The zero-order valence-electron chi connectivity index (χ0n) is 22.4. The average molecular weight is 512 g/mol. The molecule has 0 radical (unpaired) electrons. The van der Waals surface area contributed by atoms with Crippen molar-refractivity contribution >= 4 is 17.5 Å². The monoisotopic (exact) mass is 511 g/mol. The molecule has 37 heavy (non-hydrogen) atoms. The molecule has 0 fully saturated rings. The third kappa shape index (κ3) is 8.02. The lowest BCUT2D eigenvalue weighted by Gasteiger charge is -2.34. The van der Waals surface area contributed by atoms with E-state index < -0.39 is 6.04 Å². The molecule has 0 aliphatic carbocycles. The zero-order valence-corrected chi connectivity index (χ0v) is 22.4. The highest BCUT2D eigenvalue weighted by Gasteiger charge is 2.29. The number of carbonyl (C=O) groups is 2. The number of nitrogens with one attached hydrogen (secondary N) is 2. The zero-order chi connectivity index (χ0) is 26.8. The number of aliphatic hydroxyl groups excluding tert-OH is 1. The summed E-state index contributed by atoms with van der Waals surface area (Å²) in [5.41, 5.74) is 1.38. The van der Waals surface area contributed by atoms with Crippen molar-refractivity contribution in [3.63, 3.8) is 0 Å². The summed E-state index contributed by atoms with van der Waals surface area (Å²) in [7, 11) is 1.89. The number of benzene rings is 2. The van der Waals surface area contributed by atoms with Crippen LogP contribution in [0, 0.1) is 5.92 Å². The Morgan fingerprint density at radius 1 is 1.16 bits per heavy atom. The number of hydrogen-bond acceptors (Lipinski definition) is 6. The van der Waals surface area contributed by atoms with Gasteiger partial charge in [0.05, 0.1) is 30.4 Å². The standard InChI is InChI=1S/C29H41N3O5/c1-20-18-32(21(2)19-33)29(35)25-16-24(31-28(34)23-11-6-5-7-12-23)13-14-26(25)37-22(3)10-8-9-15-36-27(20)17-30-4/h5-7,11-14,16,20-22,27,30,33H,8-10,15,17-19H2,1-4H3,(H,31,34)/t20-,21-,22-,27-/m1/s1. The van der Waals surface area contributed by atoms with Gasteiger partial charge in [-0.15, -0.1) is 0 Å². The van der Waals surface area contributed by atoms with Crippen molar-refractivity contribution in [1.29, 1.82) is 0 Å². The number of carbonyl (C=O) groups excluding carboxylic acids is 2. The van der Waals surface area contributed by atoms with Crippen molar-refractivity contribution in [1.82, 2.24) is 10.2 Å². The van der Waals surface area contributed by atoms with Crippen LogP contribution in [0.4, 0.5) is 5.69 Å². The number of aliphatic hydroxyl groups is 1. The summed E-state index contributed by atoms with van der Waals surface area (Å²) in [6, 6.07) is 13.7. The molecular formula is C29H41N3O5. The van der Waals surface area contributed by atoms with Crippen LogP contribution in [0.15, 0.2) is 48.5 Å². The smallest absolute Gasteiger partial charge is 0.258 e. The van der Waals surface area contributed by atoms with Crippen LogP contribution in [0.1, 0.15) is 60.7 Å². The van der Waals surface area contributed by atoms with Crippen molar-refractivity contribution in [2.75, 3.05) is 38.7 Å². The van der Waals surface area contributed by atoms with Gasteiger partial charge in [-0.2, -0.15) is 0 Å². The number of anilines is 1. The van der Waals surface area contributed by atoms with Crippen LogP contribution < -0.4 is 15.4 Å². The highest BCUT2D eigenvalue weighted by molar-refractivity contribution is 6.05. The normalized spacial score (nSPS) is 22.4. The molecule has 1 aliphatic rings. The Hall–Kier alpha value is -2.94. The largest absolute Gasteiger partial charge is 0.490 e. The van der Waals surface area contributed by atoms with Gasteiger partial charge in [0.15, 0.2) is 0 Å². The third-order valence-electron chi connectivity index (χ3n) is 6.75. The molecule has 0 saturated heterocycles. The molecule has 0 aromatic heterocycles. The summed E-state index contributed by atoms with van der Waals surface area (Å²) in [5, 5.41) is 16.1.